The summed E-state index contributed by atoms with van der Waals surface area (Å²) in [5.74, 6) is 0. The molecule has 1 rings (SSSR count). The zero-order valence-electron chi connectivity index (χ0n) is 9.45. The Balaban J connectivity index is 3.09. The number of aldehydes is 1. The van der Waals surface area contributed by atoms with Crippen LogP contribution in [-0.4, -0.2) is 19.4 Å². The van der Waals surface area contributed by atoms with E-state index in [-0.39, 0.29) is 0 Å². The maximum Gasteiger partial charge on any atom is 0.152 e. The highest BCUT2D eigenvalue weighted by Crippen LogP contribution is 2.24. The molecule has 0 aliphatic carbocycles. The molecule has 1 aromatic carbocycles. The first kappa shape index (κ1) is 12.8. The van der Waals surface area contributed by atoms with Crippen LogP contribution in [0.5, 0.6) is 0 Å². The average Bonchev–Trinajstić information content (AvgIpc) is 2.29. The summed E-state index contributed by atoms with van der Waals surface area (Å²) >= 11 is 5.95. The first-order chi connectivity index (χ1) is 7.72. The normalized spacial score (nSPS) is 9.88. The van der Waals surface area contributed by atoms with Crippen LogP contribution in [0.25, 0.3) is 0 Å². The van der Waals surface area contributed by atoms with Crippen molar-refractivity contribution in [2.24, 2.45) is 0 Å². The van der Waals surface area contributed by atoms with Gasteiger partial charge in [-0.2, -0.15) is 0 Å². The highest BCUT2D eigenvalue weighted by molar-refractivity contribution is 6.31. The minimum Gasteiger partial charge on any atom is -0.367 e. The predicted molar refractivity (Wildman–Crippen MR) is 69.5 cm³/mol. The molecule has 2 nitrogen and oxygen atoms in total. The van der Waals surface area contributed by atoms with Gasteiger partial charge < -0.3 is 4.90 Å². The number of hydrogen-bond donors (Lipinski definition) is 0. The van der Waals surface area contributed by atoms with Gasteiger partial charge in [-0.25, -0.2) is 0 Å². The van der Waals surface area contributed by atoms with Crippen LogP contribution in [0.15, 0.2) is 30.9 Å². The van der Waals surface area contributed by atoms with E-state index >= 15 is 0 Å². The molecule has 0 unspecified atom stereocenters. The first-order valence-corrected chi connectivity index (χ1v) is 5.71. The lowest BCUT2D eigenvalue weighted by Crippen LogP contribution is -2.25. The lowest BCUT2D eigenvalue weighted by atomic mass is 10.1. The summed E-state index contributed by atoms with van der Waals surface area (Å²) in [5, 5.41) is 0.644. The van der Waals surface area contributed by atoms with Crippen molar-refractivity contribution >= 4 is 23.6 Å². The van der Waals surface area contributed by atoms with E-state index in [4.69, 9.17) is 11.6 Å². The zero-order valence-corrected chi connectivity index (χ0v) is 10.2. The molecule has 0 spiro atoms. The summed E-state index contributed by atoms with van der Waals surface area (Å²) in [7, 11) is 0. The highest BCUT2D eigenvalue weighted by atomic mass is 35.5. The SMILES string of the molecule is C=CCN(CCC)c1cc(Cl)ccc1C=O. The van der Waals surface area contributed by atoms with E-state index in [9.17, 15) is 4.79 Å². The van der Waals surface area contributed by atoms with Gasteiger partial charge in [0, 0.05) is 29.4 Å². The van der Waals surface area contributed by atoms with Crippen LogP contribution in [0, 0.1) is 0 Å². The number of rotatable bonds is 6. The maximum absolute atomic E-state index is 11.0. The Kier molecular flexibility index (Phi) is 5.06. The van der Waals surface area contributed by atoms with Crippen LogP contribution in [-0.2, 0) is 0 Å². The van der Waals surface area contributed by atoms with Gasteiger partial charge in [0.15, 0.2) is 6.29 Å². The molecule has 0 N–H and O–H groups in total. The number of nitrogens with zero attached hydrogens (tertiary/aromatic N) is 1. The summed E-state index contributed by atoms with van der Waals surface area (Å²) < 4.78 is 0. The predicted octanol–water partition coefficient (Wildman–Crippen LogP) is 3.55. The van der Waals surface area contributed by atoms with Gasteiger partial charge in [0.1, 0.15) is 0 Å². The molecule has 0 fully saturated rings. The summed E-state index contributed by atoms with van der Waals surface area (Å²) in [6, 6.07) is 5.30. The average molecular weight is 238 g/mol. The molecule has 0 aliphatic rings. The van der Waals surface area contributed by atoms with Gasteiger partial charge in [-0.15, -0.1) is 6.58 Å². The van der Waals surface area contributed by atoms with Crippen molar-refractivity contribution in [3.05, 3.63) is 41.4 Å². The molecule has 16 heavy (non-hydrogen) atoms. The number of hydrogen-bond acceptors (Lipinski definition) is 2. The van der Waals surface area contributed by atoms with Crippen LogP contribution in [0.3, 0.4) is 0 Å². The fraction of sp³-hybridized carbons (Fsp3) is 0.308. The van der Waals surface area contributed by atoms with Gasteiger partial charge in [0.2, 0.25) is 0 Å². The maximum atomic E-state index is 11.0. The Morgan fingerprint density at radius 1 is 1.50 bits per heavy atom. The van der Waals surface area contributed by atoms with Crippen LogP contribution in [0.4, 0.5) is 5.69 Å². The van der Waals surface area contributed by atoms with E-state index in [0.29, 0.717) is 10.6 Å². The van der Waals surface area contributed by atoms with Crippen molar-refractivity contribution in [2.75, 3.05) is 18.0 Å². The molecule has 0 amide bonds. The largest absolute Gasteiger partial charge is 0.367 e. The second-order valence-electron chi connectivity index (χ2n) is 3.56. The summed E-state index contributed by atoms with van der Waals surface area (Å²) in [4.78, 5) is 13.1. The molecule has 0 aliphatic heterocycles. The van der Waals surface area contributed by atoms with Crippen LogP contribution in [0.1, 0.15) is 23.7 Å². The van der Waals surface area contributed by atoms with E-state index in [0.717, 1.165) is 31.5 Å². The Morgan fingerprint density at radius 3 is 2.81 bits per heavy atom. The second-order valence-corrected chi connectivity index (χ2v) is 3.99. The lowest BCUT2D eigenvalue weighted by Gasteiger charge is -2.24. The number of carbonyl (C=O) groups excluding carboxylic acids is 1. The smallest absolute Gasteiger partial charge is 0.152 e. The van der Waals surface area contributed by atoms with Crippen LogP contribution >= 0.6 is 11.6 Å². The van der Waals surface area contributed by atoms with Crippen molar-refractivity contribution in [3.63, 3.8) is 0 Å². The molecule has 0 heterocycles. The molecular formula is C13H16ClNO. The molecule has 0 radical (unpaired) electrons. The molecule has 86 valence electrons. The van der Waals surface area contributed by atoms with Gasteiger partial charge in [0.25, 0.3) is 0 Å². The molecular weight excluding hydrogens is 222 g/mol. The van der Waals surface area contributed by atoms with Crippen molar-refractivity contribution in [1.82, 2.24) is 0 Å². The molecule has 3 heteroatoms. The third kappa shape index (κ3) is 3.11. The molecule has 0 aromatic heterocycles. The van der Waals surface area contributed by atoms with E-state index < -0.39 is 0 Å². The van der Waals surface area contributed by atoms with Gasteiger partial charge in [-0.3, -0.25) is 4.79 Å². The summed E-state index contributed by atoms with van der Waals surface area (Å²) in [5.41, 5.74) is 1.55. The standard InChI is InChI=1S/C13H16ClNO/c1-3-7-15(8-4-2)13-9-12(14)6-5-11(13)10-16/h3,5-6,9-10H,1,4,7-8H2,2H3. The Hall–Kier alpha value is -1.28. The van der Waals surface area contributed by atoms with E-state index in [1.807, 2.05) is 12.1 Å². The van der Waals surface area contributed by atoms with E-state index in [1.54, 1.807) is 12.1 Å². The molecule has 0 saturated carbocycles. The minimum atomic E-state index is 0.644. The van der Waals surface area contributed by atoms with Crippen LogP contribution in [0.2, 0.25) is 5.02 Å². The Bertz CT molecular complexity index is 376. The third-order valence-electron chi connectivity index (χ3n) is 2.30. The number of carbonyl (C=O) groups is 1. The van der Waals surface area contributed by atoms with Crippen molar-refractivity contribution in [1.29, 1.82) is 0 Å². The zero-order chi connectivity index (χ0) is 12.0. The van der Waals surface area contributed by atoms with Gasteiger partial charge in [-0.1, -0.05) is 24.6 Å². The van der Waals surface area contributed by atoms with E-state index in [1.165, 1.54) is 0 Å². The van der Waals surface area contributed by atoms with Gasteiger partial charge in [-0.05, 0) is 24.6 Å². The van der Waals surface area contributed by atoms with Gasteiger partial charge >= 0.3 is 0 Å². The van der Waals surface area contributed by atoms with Gasteiger partial charge in [0.05, 0.1) is 0 Å². The van der Waals surface area contributed by atoms with Crippen molar-refractivity contribution in [2.45, 2.75) is 13.3 Å². The van der Waals surface area contributed by atoms with Crippen molar-refractivity contribution in [3.8, 4) is 0 Å². The van der Waals surface area contributed by atoms with Crippen molar-refractivity contribution < 1.29 is 4.79 Å². The summed E-state index contributed by atoms with van der Waals surface area (Å²) in [6.07, 6.45) is 3.70. The number of anilines is 1. The molecule has 0 bridgehead atoms. The Labute approximate surface area is 102 Å². The quantitative estimate of drug-likeness (QED) is 0.557. The number of halogens is 1. The fourth-order valence-corrected chi connectivity index (χ4v) is 1.79. The minimum absolute atomic E-state index is 0.644. The molecule has 0 saturated heterocycles. The first-order valence-electron chi connectivity index (χ1n) is 5.33. The number of benzene rings is 1. The monoisotopic (exact) mass is 237 g/mol. The van der Waals surface area contributed by atoms with Crippen LogP contribution < -0.4 is 4.90 Å². The third-order valence-corrected chi connectivity index (χ3v) is 2.54. The molecule has 1 aromatic rings. The molecule has 0 atom stereocenters. The summed E-state index contributed by atoms with van der Waals surface area (Å²) in [6.45, 7) is 7.42. The topological polar surface area (TPSA) is 20.3 Å². The Morgan fingerprint density at radius 2 is 2.25 bits per heavy atom. The lowest BCUT2D eigenvalue weighted by molar-refractivity contribution is 0.112. The van der Waals surface area contributed by atoms with E-state index in [2.05, 4.69) is 18.4 Å². The highest BCUT2D eigenvalue weighted by Gasteiger charge is 2.09. The second kappa shape index (κ2) is 6.33. The fourth-order valence-electron chi connectivity index (χ4n) is 1.63.